The molecule has 1 heterocycles. The highest BCUT2D eigenvalue weighted by atomic mass is 32.2. The average Bonchev–Trinajstić information content (AvgIpc) is 3.08. The fourth-order valence-corrected chi connectivity index (χ4v) is 7.69. The molecule has 7 heteroatoms. The first-order valence-corrected chi connectivity index (χ1v) is 11.9. The van der Waals surface area contributed by atoms with Crippen LogP contribution in [0.2, 0.25) is 0 Å². The van der Waals surface area contributed by atoms with Gasteiger partial charge in [0.15, 0.2) is 0 Å². The smallest absolute Gasteiger partial charge is 0.148 e. The molecule has 0 radical (unpaired) electrons. The largest absolute Gasteiger partial charge is 0.392 e. The first-order valence-electron chi connectivity index (χ1n) is 10.9. The second kappa shape index (κ2) is 8.67. The van der Waals surface area contributed by atoms with Gasteiger partial charge in [0.05, 0.1) is 11.8 Å². The van der Waals surface area contributed by atoms with Gasteiger partial charge in [-0.05, 0) is 48.1 Å². The molecule has 0 aliphatic heterocycles. The first kappa shape index (κ1) is 22.8. The number of hydrogen-bond donors (Lipinski definition) is 2. The molecule has 1 aromatic heterocycles. The number of aliphatic hydroxyl groups excluding tert-OH is 1. The van der Waals surface area contributed by atoms with Gasteiger partial charge in [0.25, 0.3) is 0 Å². The summed E-state index contributed by atoms with van der Waals surface area (Å²) in [5, 5.41) is 22.0. The van der Waals surface area contributed by atoms with E-state index in [9.17, 15) is 9.50 Å². The Hall–Kier alpha value is -0.920. The minimum atomic E-state index is -0.588. The highest BCUT2D eigenvalue weighted by Crippen LogP contribution is 2.84. The SMILES string of the molecule is CCCN(CCNc1ccc(CF)nn1)SCC1(C)C(O)CC2C(C)(C)C21CC. The zero-order chi connectivity index (χ0) is 21.3. The number of rotatable bonds is 11. The number of fused-ring (bicyclic) bond motifs is 1. The molecule has 3 rings (SSSR count). The number of aliphatic hydroxyl groups is 1. The van der Waals surface area contributed by atoms with Crippen LogP contribution in [0.1, 0.15) is 59.6 Å². The van der Waals surface area contributed by atoms with E-state index < -0.39 is 6.67 Å². The molecule has 2 fully saturated rings. The number of nitrogens with zero attached hydrogens (tertiary/aromatic N) is 3. The summed E-state index contributed by atoms with van der Waals surface area (Å²) in [7, 11) is 0. The highest BCUT2D eigenvalue weighted by molar-refractivity contribution is 7.97. The summed E-state index contributed by atoms with van der Waals surface area (Å²) in [6, 6.07) is 3.43. The van der Waals surface area contributed by atoms with Gasteiger partial charge in [0.2, 0.25) is 0 Å². The van der Waals surface area contributed by atoms with Crippen LogP contribution in [-0.4, -0.2) is 51.1 Å². The van der Waals surface area contributed by atoms with Crippen LogP contribution in [0.5, 0.6) is 0 Å². The lowest BCUT2D eigenvalue weighted by molar-refractivity contribution is 0.00262. The Labute approximate surface area is 179 Å². The molecule has 2 aliphatic rings. The van der Waals surface area contributed by atoms with Crippen LogP contribution < -0.4 is 5.32 Å². The number of anilines is 1. The van der Waals surface area contributed by atoms with Crippen LogP contribution in [0.25, 0.3) is 0 Å². The van der Waals surface area contributed by atoms with E-state index in [4.69, 9.17) is 0 Å². The number of aromatic nitrogens is 2. The minimum absolute atomic E-state index is 0.0479. The van der Waals surface area contributed by atoms with E-state index in [0.29, 0.717) is 22.8 Å². The lowest BCUT2D eigenvalue weighted by atomic mass is 9.68. The van der Waals surface area contributed by atoms with Crippen molar-refractivity contribution in [3.63, 3.8) is 0 Å². The fourth-order valence-electron chi connectivity index (χ4n) is 6.26. The number of nitrogens with one attached hydrogen (secondary N) is 1. The standard InChI is InChI=1S/C22H37FN4OS/c1-6-11-27(12-10-24-19-9-8-16(14-23)25-26-19)29-15-21(5)18(28)13-17-20(3,4)22(17,21)7-2/h8-9,17-18,28H,6-7,10-15H2,1-5H3,(H,24,26). The summed E-state index contributed by atoms with van der Waals surface area (Å²) < 4.78 is 15.0. The third-order valence-electron chi connectivity index (χ3n) is 7.85. The van der Waals surface area contributed by atoms with Crippen molar-refractivity contribution in [3.05, 3.63) is 17.8 Å². The van der Waals surface area contributed by atoms with Crippen LogP contribution in [0.4, 0.5) is 10.2 Å². The summed E-state index contributed by atoms with van der Waals surface area (Å²) in [6.07, 6.45) is 2.96. The van der Waals surface area contributed by atoms with E-state index in [1.165, 1.54) is 0 Å². The molecular formula is C22H37FN4OS. The molecule has 1 aromatic rings. The van der Waals surface area contributed by atoms with Crippen LogP contribution in [0.3, 0.4) is 0 Å². The molecule has 2 aliphatic carbocycles. The van der Waals surface area contributed by atoms with E-state index in [0.717, 1.165) is 44.6 Å². The summed E-state index contributed by atoms with van der Waals surface area (Å²) in [6.45, 7) is 13.6. The van der Waals surface area contributed by atoms with E-state index in [-0.39, 0.29) is 16.9 Å². The van der Waals surface area contributed by atoms with Crippen molar-refractivity contribution in [1.82, 2.24) is 14.5 Å². The summed E-state index contributed by atoms with van der Waals surface area (Å²) >= 11 is 1.88. The van der Waals surface area contributed by atoms with Crippen molar-refractivity contribution >= 4 is 17.8 Å². The monoisotopic (exact) mass is 424 g/mol. The molecule has 2 N–H and O–H groups in total. The lowest BCUT2D eigenvalue weighted by Crippen LogP contribution is -2.43. The van der Waals surface area contributed by atoms with Gasteiger partial charge in [-0.1, -0.05) is 46.6 Å². The Morgan fingerprint density at radius 2 is 2.00 bits per heavy atom. The van der Waals surface area contributed by atoms with Crippen LogP contribution in [-0.2, 0) is 6.67 Å². The van der Waals surface area contributed by atoms with Gasteiger partial charge in [-0.3, -0.25) is 0 Å². The zero-order valence-electron chi connectivity index (χ0n) is 18.5. The molecule has 0 aromatic carbocycles. The Balaban J connectivity index is 1.56. The molecule has 2 saturated carbocycles. The first-order chi connectivity index (χ1) is 13.8. The van der Waals surface area contributed by atoms with Crippen molar-refractivity contribution in [1.29, 1.82) is 0 Å². The summed E-state index contributed by atoms with van der Waals surface area (Å²) in [4.78, 5) is 0. The fraction of sp³-hybridized carbons (Fsp3) is 0.818. The number of hydrogen-bond acceptors (Lipinski definition) is 6. The van der Waals surface area contributed by atoms with Gasteiger partial charge >= 0.3 is 0 Å². The minimum Gasteiger partial charge on any atom is -0.392 e. The van der Waals surface area contributed by atoms with Crippen LogP contribution in [0, 0.1) is 22.2 Å². The number of alkyl halides is 1. The van der Waals surface area contributed by atoms with Gasteiger partial charge in [-0.25, -0.2) is 8.70 Å². The molecule has 0 amide bonds. The normalized spacial score (nSPS) is 32.4. The lowest BCUT2D eigenvalue weighted by Gasteiger charge is -2.42. The molecular weight excluding hydrogens is 387 g/mol. The van der Waals surface area contributed by atoms with Gasteiger partial charge in [-0.15, -0.1) is 5.10 Å². The maximum absolute atomic E-state index is 12.6. The topological polar surface area (TPSA) is 61.3 Å². The number of halogens is 1. The van der Waals surface area contributed by atoms with Crippen LogP contribution in [0.15, 0.2) is 12.1 Å². The molecule has 4 atom stereocenters. The molecule has 0 saturated heterocycles. The van der Waals surface area contributed by atoms with E-state index in [1.54, 1.807) is 12.1 Å². The highest BCUT2D eigenvalue weighted by Gasteiger charge is 2.81. The predicted octanol–water partition coefficient (Wildman–Crippen LogP) is 4.54. The maximum atomic E-state index is 12.6. The summed E-state index contributed by atoms with van der Waals surface area (Å²) in [5.74, 6) is 2.27. The van der Waals surface area contributed by atoms with E-state index >= 15 is 0 Å². The van der Waals surface area contributed by atoms with Crippen molar-refractivity contribution < 1.29 is 9.50 Å². The molecule has 5 nitrogen and oxygen atoms in total. The predicted molar refractivity (Wildman–Crippen MR) is 118 cm³/mol. The summed E-state index contributed by atoms with van der Waals surface area (Å²) in [5.41, 5.74) is 0.898. The van der Waals surface area contributed by atoms with Gasteiger partial charge < -0.3 is 10.4 Å². The second-order valence-electron chi connectivity index (χ2n) is 9.44. The van der Waals surface area contributed by atoms with E-state index in [1.807, 2.05) is 11.9 Å². The third kappa shape index (κ3) is 3.79. The molecule has 4 unspecified atom stereocenters. The molecule has 29 heavy (non-hydrogen) atoms. The molecule has 164 valence electrons. The molecule has 0 bridgehead atoms. The average molecular weight is 425 g/mol. The quantitative estimate of drug-likeness (QED) is 0.509. The van der Waals surface area contributed by atoms with Crippen LogP contribution >= 0.6 is 11.9 Å². The van der Waals surface area contributed by atoms with Crippen molar-refractivity contribution in [2.75, 3.05) is 30.7 Å². The van der Waals surface area contributed by atoms with Crippen molar-refractivity contribution in [3.8, 4) is 0 Å². The van der Waals surface area contributed by atoms with Gasteiger partial charge in [0, 0.05) is 30.8 Å². The van der Waals surface area contributed by atoms with Crippen molar-refractivity contribution in [2.45, 2.75) is 66.7 Å². The van der Waals surface area contributed by atoms with Gasteiger partial charge in [-0.2, -0.15) is 5.10 Å². The van der Waals surface area contributed by atoms with E-state index in [2.05, 4.69) is 54.4 Å². The Kier molecular flexibility index (Phi) is 6.81. The second-order valence-corrected chi connectivity index (χ2v) is 10.5. The maximum Gasteiger partial charge on any atom is 0.148 e. The zero-order valence-corrected chi connectivity index (χ0v) is 19.4. The Morgan fingerprint density at radius 3 is 2.59 bits per heavy atom. The Morgan fingerprint density at radius 1 is 1.24 bits per heavy atom. The van der Waals surface area contributed by atoms with Gasteiger partial charge in [0.1, 0.15) is 12.5 Å². The van der Waals surface area contributed by atoms with Crippen molar-refractivity contribution in [2.24, 2.45) is 22.2 Å². The Bertz CT molecular complexity index is 688. The third-order valence-corrected chi connectivity index (χ3v) is 9.31. The molecule has 0 spiro atoms.